The highest BCUT2D eigenvalue weighted by Crippen LogP contribution is 2.28. The molecular formula is C11H11F3N2. The van der Waals surface area contributed by atoms with Gasteiger partial charge in [0.15, 0.2) is 0 Å². The summed E-state index contributed by atoms with van der Waals surface area (Å²) in [6.07, 6.45) is -0.262. The SMILES string of the molecule is FC(F)(F)c1ccc(C2=CCNCC2)cn1. The zero-order valence-electron chi connectivity index (χ0n) is 8.51. The summed E-state index contributed by atoms with van der Waals surface area (Å²) in [6.45, 7) is 1.61. The standard InChI is InChI=1S/C11H11F3N2/c12-11(13,14)10-2-1-9(7-16-10)8-3-5-15-6-4-8/h1-3,7,15H,4-6H2. The van der Waals surface area contributed by atoms with E-state index in [0.29, 0.717) is 0 Å². The van der Waals surface area contributed by atoms with E-state index in [1.807, 2.05) is 6.08 Å². The third kappa shape index (κ3) is 2.41. The van der Waals surface area contributed by atoms with E-state index < -0.39 is 11.9 Å². The third-order valence-corrected chi connectivity index (χ3v) is 2.49. The molecule has 0 fully saturated rings. The lowest BCUT2D eigenvalue weighted by Gasteiger charge is -2.14. The van der Waals surface area contributed by atoms with E-state index >= 15 is 0 Å². The molecule has 0 saturated carbocycles. The largest absolute Gasteiger partial charge is 0.433 e. The monoisotopic (exact) mass is 228 g/mol. The number of halogens is 3. The van der Waals surface area contributed by atoms with E-state index in [1.165, 1.54) is 12.3 Å². The van der Waals surface area contributed by atoms with Gasteiger partial charge in [-0.15, -0.1) is 0 Å². The lowest BCUT2D eigenvalue weighted by atomic mass is 10.0. The van der Waals surface area contributed by atoms with Crippen LogP contribution in [0.5, 0.6) is 0 Å². The highest BCUT2D eigenvalue weighted by molar-refractivity contribution is 5.65. The van der Waals surface area contributed by atoms with Gasteiger partial charge < -0.3 is 5.32 Å². The van der Waals surface area contributed by atoms with Gasteiger partial charge in [-0.3, -0.25) is 4.98 Å². The lowest BCUT2D eigenvalue weighted by molar-refractivity contribution is -0.141. The van der Waals surface area contributed by atoms with Gasteiger partial charge in [0, 0.05) is 12.7 Å². The summed E-state index contributed by atoms with van der Waals surface area (Å²) in [5, 5.41) is 3.14. The zero-order valence-corrected chi connectivity index (χ0v) is 8.51. The molecule has 0 aromatic carbocycles. The van der Waals surface area contributed by atoms with Crippen LogP contribution in [0.1, 0.15) is 17.7 Å². The summed E-state index contributed by atoms with van der Waals surface area (Å²) in [7, 11) is 0. The molecule has 1 N–H and O–H groups in total. The van der Waals surface area contributed by atoms with Crippen molar-refractivity contribution in [3.05, 3.63) is 35.7 Å². The van der Waals surface area contributed by atoms with Gasteiger partial charge in [0.05, 0.1) is 0 Å². The maximum atomic E-state index is 12.3. The molecule has 16 heavy (non-hydrogen) atoms. The minimum Gasteiger partial charge on any atom is -0.313 e. The van der Waals surface area contributed by atoms with E-state index in [4.69, 9.17) is 0 Å². The van der Waals surface area contributed by atoms with Crippen LogP contribution in [0.4, 0.5) is 13.2 Å². The van der Waals surface area contributed by atoms with Crippen molar-refractivity contribution in [1.29, 1.82) is 0 Å². The molecule has 0 saturated heterocycles. The summed E-state index contributed by atoms with van der Waals surface area (Å²) in [5.74, 6) is 0. The van der Waals surface area contributed by atoms with E-state index in [-0.39, 0.29) is 0 Å². The molecule has 0 bridgehead atoms. The maximum absolute atomic E-state index is 12.3. The first-order valence-corrected chi connectivity index (χ1v) is 5.01. The molecule has 86 valence electrons. The Morgan fingerprint density at radius 1 is 1.25 bits per heavy atom. The first-order valence-electron chi connectivity index (χ1n) is 5.01. The number of hydrogen-bond acceptors (Lipinski definition) is 2. The predicted molar refractivity (Wildman–Crippen MR) is 54.7 cm³/mol. The van der Waals surface area contributed by atoms with Crippen molar-refractivity contribution in [2.24, 2.45) is 0 Å². The van der Waals surface area contributed by atoms with Gasteiger partial charge in [-0.05, 0) is 30.2 Å². The van der Waals surface area contributed by atoms with Crippen LogP contribution in [0.25, 0.3) is 5.57 Å². The number of aromatic nitrogens is 1. The smallest absolute Gasteiger partial charge is 0.313 e. The quantitative estimate of drug-likeness (QED) is 0.798. The molecular weight excluding hydrogens is 217 g/mol. The van der Waals surface area contributed by atoms with Crippen LogP contribution in [0, 0.1) is 0 Å². The Kier molecular flexibility index (Phi) is 2.96. The number of alkyl halides is 3. The van der Waals surface area contributed by atoms with Crippen molar-refractivity contribution >= 4 is 5.57 Å². The molecule has 0 spiro atoms. The molecule has 2 heterocycles. The molecule has 2 rings (SSSR count). The fraction of sp³-hybridized carbons (Fsp3) is 0.364. The van der Waals surface area contributed by atoms with Crippen molar-refractivity contribution in [3.63, 3.8) is 0 Å². The first-order chi connectivity index (χ1) is 7.57. The van der Waals surface area contributed by atoms with Crippen molar-refractivity contribution in [1.82, 2.24) is 10.3 Å². The summed E-state index contributed by atoms with van der Waals surface area (Å²) in [6, 6.07) is 2.51. The normalized spacial score (nSPS) is 17.1. The molecule has 1 aromatic heterocycles. The van der Waals surface area contributed by atoms with E-state index in [1.54, 1.807) is 0 Å². The van der Waals surface area contributed by atoms with Gasteiger partial charge in [-0.2, -0.15) is 13.2 Å². The average molecular weight is 228 g/mol. The summed E-state index contributed by atoms with van der Waals surface area (Å²) in [4.78, 5) is 3.44. The van der Waals surface area contributed by atoms with Crippen LogP contribution < -0.4 is 5.32 Å². The predicted octanol–water partition coefficient (Wildman–Crippen LogP) is 2.48. The number of hydrogen-bond donors (Lipinski definition) is 1. The van der Waals surface area contributed by atoms with Crippen LogP contribution in [-0.4, -0.2) is 18.1 Å². The van der Waals surface area contributed by atoms with E-state index in [2.05, 4.69) is 10.3 Å². The molecule has 2 nitrogen and oxygen atoms in total. The van der Waals surface area contributed by atoms with Crippen molar-refractivity contribution in [2.75, 3.05) is 13.1 Å². The fourth-order valence-electron chi connectivity index (χ4n) is 1.64. The van der Waals surface area contributed by atoms with E-state index in [0.717, 1.165) is 36.7 Å². The summed E-state index contributed by atoms with van der Waals surface area (Å²) >= 11 is 0. The van der Waals surface area contributed by atoms with Gasteiger partial charge in [0.2, 0.25) is 0 Å². The van der Waals surface area contributed by atoms with Gasteiger partial charge in [0.25, 0.3) is 0 Å². The number of nitrogens with zero attached hydrogens (tertiary/aromatic N) is 1. The minimum absolute atomic E-state index is 0.760. The molecule has 1 aliphatic rings. The van der Waals surface area contributed by atoms with Gasteiger partial charge in [-0.1, -0.05) is 12.1 Å². The molecule has 1 aliphatic heterocycles. The van der Waals surface area contributed by atoms with Crippen LogP contribution in [0.2, 0.25) is 0 Å². The fourth-order valence-corrected chi connectivity index (χ4v) is 1.64. The second-order valence-electron chi connectivity index (χ2n) is 3.61. The number of rotatable bonds is 1. The molecule has 0 amide bonds. The Bertz CT molecular complexity index is 393. The average Bonchev–Trinajstić information content (AvgIpc) is 2.29. The van der Waals surface area contributed by atoms with Crippen molar-refractivity contribution in [3.8, 4) is 0 Å². The van der Waals surface area contributed by atoms with Gasteiger partial charge >= 0.3 is 6.18 Å². The minimum atomic E-state index is -4.36. The second-order valence-corrected chi connectivity index (χ2v) is 3.61. The third-order valence-electron chi connectivity index (χ3n) is 2.49. The van der Waals surface area contributed by atoms with E-state index in [9.17, 15) is 13.2 Å². The molecule has 0 radical (unpaired) electrons. The highest BCUT2D eigenvalue weighted by Gasteiger charge is 2.32. The lowest BCUT2D eigenvalue weighted by Crippen LogP contribution is -2.20. The zero-order chi connectivity index (χ0) is 11.6. The molecule has 1 aromatic rings. The summed E-state index contributed by atoms with van der Waals surface area (Å²) < 4.78 is 36.8. The van der Waals surface area contributed by atoms with Crippen LogP contribution in [0.3, 0.4) is 0 Å². The van der Waals surface area contributed by atoms with Crippen molar-refractivity contribution < 1.29 is 13.2 Å². The Morgan fingerprint density at radius 3 is 2.56 bits per heavy atom. The van der Waals surface area contributed by atoms with Crippen LogP contribution >= 0.6 is 0 Å². The topological polar surface area (TPSA) is 24.9 Å². The van der Waals surface area contributed by atoms with Crippen LogP contribution in [-0.2, 0) is 6.18 Å². The number of pyridine rings is 1. The Morgan fingerprint density at radius 2 is 2.06 bits per heavy atom. The van der Waals surface area contributed by atoms with Crippen LogP contribution in [0.15, 0.2) is 24.4 Å². The summed E-state index contributed by atoms with van der Waals surface area (Å²) in [5.41, 5.74) is 0.986. The molecule has 5 heteroatoms. The first kappa shape index (κ1) is 11.1. The van der Waals surface area contributed by atoms with Gasteiger partial charge in [0.1, 0.15) is 5.69 Å². The molecule has 0 unspecified atom stereocenters. The van der Waals surface area contributed by atoms with Gasteiger partial charge in [-0.25, -0.2) is 0 Å². The molecule has 0 aliphatic carbocycles. The Hall–Kier alpha value is -1.36. The second kappa shape index (κ2) is 4.25. The Balaban J connectivity index is 2.22. The van der Waals surface area contributed by atoms with Crippen molar-refractivity contribution in [2.45, 2.75) is 12.6 Å². The molecule has 0 atom stereocenters. The highest BCUT2D eigenvalue weighted by atomic mass is 19.4. The maximum Gasteiger partial charge on any atom is 0.433 e. The Labute approximate surface area is 91.2 Å². The number of nitrogens with one attached hydrogen (secondary N) is 1.